The topological polar surface area (TPSA) is 47.8 Å². The van der Waals surface area contributed by atoms with Crippen molar-refractivity contribution in [2.45, 2.75) is 13.1 Å². The third-order valence-corrected chi connectivity index (χ3v) is 2.53. The van der Waals surface area contributed by atoms with Gasteiger partial charge in [-0.25, -0.2) is 9.67 Å². The number of hydrogen-bond donors (Lipinski definition) is 0. The van der Waals surface area contributed by atoms with E-state index >= 15 is 0 Å². The molecule has 0 bridgehead atoms. The van der Waals surface area contributed by atoms with Crippen molar-refractivity contribution in [3.8, 4) is 0 Å². The molecule has 7 heteroatoms. The number of nitrogens with zero attached hydrogens (tertiary/aromatic N) is 3. The minimum atomic E-state index is -4.64. The van der Waals surface area contributed by atoms with Crippen LogP contribution in [0.4, 0.5) is 13.2 Å². The van der Waals surface area contributed by atoms with E-state index in [1.807, 2.05) is 0 Å². The van der Waals surface area contributed by atoms with Crippen molar-refractivity contribution in [2.24, 2.45) is 0 Å². The zero-order chi connectivity index (χ0) is 14.8. The molecule has 0 radical (unpaired) electrons. The van der Waals surface area contributed by atoms with Crippen LogP contribution in [0, 0.1) is 0 Å². The number of Topliss-reactive ketones (excluding diaryl/α,β-unsaturated/α-hetero) is 1. The Morgan fingerprint density at radius 1 is 1.25 bits per heavy atom. The van der Waals surface area contributed by atoms with Crippen LogP contribution in [-0.2, 0) is 6.18 Å². The summed E-state index contributed by atoms with van der Waals surface area (Å²) in [6.45, 7) is 1.55. The highest BCUT2D eigenvalue weighted by atomic mass is 19.4. The first kappa shape index (κ1) is 14.0. The van der Waals surface area contributed by atoms with E-state index in [4.69, 9.17) is 0 Å². The molecule has 0 atom stereocenters. The van der Waals surface area contributed by atoms with E-state index in [0.717, 1.165) is 11.0 Å². The monoisotopic (exact) mass is 281 g/mol. The lowest BCUT2D eigenvalue weighted by Crippen LogP contribution is -2.12. The van der Waals surface area contributed by atoms with Crippen molar-refractivity contribution >= 4 is 11.5 Å². The number of allylic oxidation sites excluding steroid dienone is 2. The van der Waals surface area contributed by atoms with E-state index in [-0.39, 0.29) is 5.70 Å². The number of aromatic nitrogens is 3. The molecule has 2 aromatic rings. The normalized spacial score (nSPS) is 12.5. The number of ketones is 1. The molecule has 0 N–H and O–H groups in total. The minimum Gasteiger partial charge on any atom is -0.287 e. The second-order valence-electron chi connectivity index (χ2n) is 3.88. The minimum absolute atomic E-state index is 0.0131. The molecule has 0 saturated heterocycles. The summed E-state index contributed by atoms with van der Waals surface area (Å²) in [4.78, 5) is 15.4. The van der Waals surface area contributed by atoms with Gasteiger partial charge in [0.25, 0.3) is 5.82 Å². The fourth-order valence-corrected chi connectivity index (χ4v) is 1.61. The van der Waals surface area contributed by atoms with E-state index in [1.165, 1.54) is 6.08 Å². The van der Waals surface area contributed by atoms with E-state index < -0.39 is 17.8 Å². The number of alkyl halides is 3. The fourth-order valence-electron chi connectivity index (χ4n) is 1.61. The van der Waals surface area contributed by atoms with Crippen LogP contribution in [0.25, 0.3) is 5.70 Å². The third-order valence-electron chi connectivity index (χ3n) is 2.53. The highest BCUT2D eigenvalue weighted by Crippen LogP contribution is 2.26. The van der Waals surface area contributed by atoms with Crippen LogP contribution >= 0.6 is 0 Å². The Hall–Kier alpha value is -2.44. The van der Waals surface area contributed by atoms with Crippen LogP contribution in [0.15, 0.2) is 42.7 Å². The van der Waals surface area contributed by atoms with Crippen LogP contribution < -0.4 is 0 Å². The van der Waals surface area contributed by atoms with Crippen molar-refractivity contribution in [3.05, 3.63) is 54.1 Å². The Labute approximate surface area is 112 Å². The molecule has 0 fully saturated rings. The first-order chi connectivity index (χ1) is 9.43. The number of halogens is 3. The molecule has 0 unspecified atom stereocenters. The summed E-state index contributed by atoms with van der Waals surface area (Å²) < 4.78 is 38.2. The number of carbonyl (C=O) groups excluding carboxylic acids is 1. The molecule has 1 aromatic heterocycles. The molecule has 4 nitrogen and oxygen atoms in total. The number of benzene rings is 1. The van der Waals surface area contributed by atoms with Crippen LogP contribution in [0.2, 0.25) is 0 Å². The molecule has 20 heavy (non-hydrogen) atoms. The Morgan fingerprint density at radius 3 is 2.40 bits per heavy atom. The van der Waals surface area contributed by atoms with Gasteiger partial charge >= 0.3 is 6.18 Å². The maximum atomic E-state index is 12.4. The molecule has 0 saturated carbocycles. The van der Waals surface area contributed by atoms with Crippen molar-refractivity contribution < 1.29 is 18.0 Å². The second-order valence-corrected chi connectivity index (χ2v) is 3.88. The summed E-state index contributed by atoms with van der Waals surface area (Å²) in [6.07, 6.45) is -2.37. The molecular weight excluding hydrogens is 271 g/mol. The zero-order valence-corrected chi connectivity index (χ0v) is 10.4. The van der Waals surface area contributed by atoms with Gasteiger partial charge < -0.3 is 0 Å². The van der Waals surface area contributed by atoms with Gasteiger partial charge in [-0.1, -0.05) is 36.4 Å². The molecule has 0 aliphatic carbocycles. The van der Waals surface area contributed by atoms with Gasteiger partial charge in [-0.3, -0.25) is 4.79 Å². The Morgan fingerprint density at radius 2 is 1.90 bits per heavy atom. The van der Waals surface area contributed by atoms with Gasteiger partial charge in [0.1, 0.15) is 12.0 Å². The van der Waals surface area contributed by atoms with Gasteiger partial charge in [-0.15, -0.1) is 5.10 Å². The lowest BCUT2D eigenvalue weighted by atomic mass is 10.1. The number of rotatable bonds is 3. The highest BCUT2D eigenvalue weighted by molar-refractivity contribution is 6.24. The predicted octanol–water partition coefficient (Wildman–Crippen LogP) is 3.04. The van der Waals surface area contributed by atoms with Crippen molar-refractivity contribution in [3.63, 3.8) is 0 Å². The van der Waals surface area contributed by atoms with Crippen molar-refractivity contribution in [1.82, 2.24) is 14.8 Å². The summed E-state index contributed by atoms with van der Waals surface area (Å²) in [5.74, 6) is -1.70. The second kappa shape index (κ2) is 5.28. The van der Waals surface area contributed by atoms with Gasteiger partial charge in [0.05, 0.1) is 0 Å². The quantitative estimate of drug-likeness (QED) is 0.641. The smallest absolute Gasteiger partial charge is 0.287 e. The van der Waals surface area contributed by atoms with E-state index in [9.17, 15) is 18.0 Å². The van der Waals surface area contributed by atoms with Crippen LogP contribution in [0.5, 0.6) is 0 Å². The van der Waals surface area contributed by atoms with E-state index in [0.29, 0.717) is 5.56 Å². The molecular formula is C13H10F3N3O. The fraction of sp³-hybridized carbons (Fsp3) is 0.154. The Balaban J connectivity index is 2.35. The van der Waals surface area contributed by atoms with E-state index in [2.05, 4.69) is 10.1 Å². The molecule has 2 rings (SSSR count). The van der Waals surface area contributed by atoms with Crippen molar-refractivity contribution in [2.75, 3.05) is 0 Å². The van der Waals surface area contributed by atoms with Crippen LogP contribution in [0.3, 0.4) is 0 Å². The first-order valence-corrected chi connectivity index (χ1v) is 5.68. The lowest BCUT2D eigenvalue weighted by Gasteiger charge is -2.05. The first-order valence-electron chi connectivity index (χ1n) is 5.68. The van der Waals surface area contributed by atoms with Crippen LogP contribution in [0.1, 0.15) is 23.1 Å². The van der Waals surface area contributed by atoms with Gasteiger partial charge in [-0.05, 0) is 6.92 Å². The standard InChI is InChI=1S/C13H10F3N3O/c1-2-10(11(20)9-6-4-3-5-7-9)19-8-17-12(18-19)13(14,15)16/h2-8H,1H3. The zero-order valence-electron chi connectivity index (χ0n) is 10.4. The largest absolute Gasteiger partial charge is 0.453 e. The molecule has 0 spiro atoms. The third kappa shape index (κ3) is 2.76. The maximum absolute atomic E-state index is 12.4. The Bertz CT molecular complexity index is 644. The number of hydrogen-bond acceptors (Lipinski definition) is 3. The lowest BCUT2D eigenvalue weighted by molar-refractivity contribution is -0.144. The van der Waals surface area contributed by atoms with Gasteiger partial charge in [0.15, 0.2) is 0 Å². The average Bonchev–Trinajstić information content (AvgIpc) is 2.90. The molecule has 0 aliphatic rings. The van der Waals surface area contributed by atoms with Gasteiger partial charge in [-0.2, -0.15) is 13.2 Å². The molecule has 1 heterocycles. The SMILES string of the molecule is CC=C(C(=O)c1ccccc1)n1cnc(C(F)(F)F)n1. The summed E-state index contributed by atoms with van der Waals surface area (Å²) in [5, 5.41) is 3.29. The average molecular weight is 281 g/mol. The summed E-state index contributed by atoms with van der Waals surface area (Å²) in [5.41, 5.74) is 0.379. The molecule has 1 aromatic carbocycles. The predicted molar refractivity (Wildman–Crippen MR) is 65.7 cm³/mol. The summed E-state index contributed by atoms with van der Waals surface area (Å²) >= 11 is 0. The molecule has 104 valence electrons. The Kier molecular flexibility index (Phi) is 3.69. The summed E-state index contributed by atoms with van der Waals surface area (Å²) in [7, 11) is 0. The number of carbonyl (C=O) groups is 1. The van der Waals surface area contributed by atoms with E-state index in [1.54, 1.807) is 37.3 Å². The van der Waals surface area contributed by atoms with Crippen molar-refractivity contribution in [1.29, 1.82) is 0 Å². The summed E-state index contributed by atoms with van der Waals surface area (Å²) in [6, 6.07) is 8.23. The van der Waals surface area contributed by atoms with Gasteiger partial charge in [0.2, 0.25) is 5.78 Å². The van der Waals surface area contributed by atoms with Crippen LogP contribution in [-0.4, -0.2) is 20.5 Å². The molecule has 0 aliphatic heterocycles. The van der Waals surface area contributed by atoms with Gasteiger partial charge in [0, 0.05) is 5.56 Å². The highest BCUT2D eigenvalue weighted by Gasteiger charge is 2.36. The molecule has 0 amide bonds. The maximum Gasteiger partial charge on any atom is 0.453 e.